The summed E-state index contributed by atoms with van der Waals surface area (Å²) < 4.78 is 12.8. The first-order chi connectivity index (χ1) is 5.83. The van der Waals surface area contributed by atoms with Crippen molar-refractivity contribution in [2.45, 2.75) is 6.42 Å². The van der Waals surface area contributed by atoms with Crippen molar-refractivity contribution >= 4 is 27.3 Å². The van der Waals surface area contributed by atoms with Gasteiger partial charge in [-0.3, -0.25) is 0 Å². The van der Waals surface area contributed by atoms with Crippen LogP contribution in [0.3, 0.4) is 0 Å². The maximum absolute atomic E-state index is 11.7. The molecule has 0 amide bonds. The van der Waals surface area contributed by atoms with Crippen molar-refractivity contribution in [1.29, 1.82) is 0 Å². The van der Waals surface area contributed by atoms with Gasteiger partial charge in [0.05, 0.1) is 3.79 Å². The van der Waals surface area contributed by atoms with Crippen LogP contribution >= 0.6 is 27.3 Å². The zero-order valence-electron chi connectivity index (χ0n) is 6.65. The van der Waals surface area contributed by atoms with Gasteiger partial charge in [0.1, 0.15) is 6.67 Å². The van der Waals surface area contributed by atoms with Crippen LogP contribution in [0.2, 0.25) is 0 Å². The molecule has 0 aliphatic heterocycles. The molecule has 1 nitrogen and oxygen atoms in total. The van der Waals surface area contributed by atoms with Crippen LogP contribution in [0.1, 0.15) is 4.88 Å². The van der Waals surface area contributed by atoms with Crippen LogP contribution in [-0.4, -0.2) is 19.8 Å². The highest BCUT2D eigenvalue weighted by atomic mass is 79.9. The number of hydrogen-bond acceptors (Lipinski definition) is 2. The number of thiophene rings is 1. The summed E-state index contributed by atoms with van der Waals surface area (Å²) in [5.41, 5.74) is 0. The number of rotatable bonds is 5. The van der Waals surface area contributed by atoms with E-state index in [1.54, 1.807) is 11.3 Å². The normalized spacial score (nSPS) is 10.5. The molecule has 0 fully saturated rings. The Morgan fingerprint density at radius 2 is 2.25 bits per heavy atom. The van der Waals surface area contributed by atoms with Crippen LogP contribution in [0.4, 0.5) is 4.39 Å². The van der Waals surface area contributed by atoms with E-state index in [2.05, 4.69) is 27.3 Å². The van der Waals surface area contributed by atoms with Crippen LogP contribution in [0, 0.1) is 0 Å². The number of hydrogen-bond donors (Lipinski definition) is 1. The lowest BCUT2D eigenvalue weighted by Crippen LogP contribution is -2.19. The summed E-state index contributed by atoms with van der Waals surface area (Å²) in [6.07, 6.45) is 0.982. The molecule has 0 aliphatic carbocycles. The van der Waals surface area contributed by atoms with E-state index in [1.165, 1.54) is 4.88 Å². The van der Waals surface area contributed by atoms with Crippen LogP contribution in [0.25, 0.3) is 0 Å². The monoisotopic (exact) mass is 251 g/mol. The summed E-state index contributed by atoms with van der Waals surface area (Å²) in [5, 5.41) is 3.01. The van der Waals surface area contributed by atoms with Gasteiger partial charge in [0.2, 0.25) is 0 Å². The predicted molar refractivity (Wildman–Crippen MR) is 54.6 cm³/mol. The molecular weight excluding hydrogens is 241 g/mol. The Hall–Kier alpha value is 0.0700. The third-order valence-electron chi connectivity index (χ3n) is 1.45. The average molecular weight is 252 g/mol. The Kier molecular flexibility index (Phi) is 4.80. The van der Waals surface area contributed by atoms with Crippen molar-refractivity contribution in [3.63, 3.8) is 0 Å². The van der Waals surface area contributed by atoms with E-state index >= 15 is 0 Å². The molecule has 1 heterocycles. The maximum atomic E-state index is 11.7. The van der Waals surface area contributed by atoms with Gasteiger partial charge in [-0.1, -0.05) is 0 Å². The van der Waals surface area contributed by atoms with Crippen LogP contribution in [0.5, 0.6) is 0 Å². The molecule has 0 radical (unpaired) electrons. The van der Waals surface area contributed by atoms with E-state index in [9.17, 15) is 4.39 Å². The second-order valence-corrected chi connectivity index (χ2v) is 4.94. The van der Waals surface area contributed by atoms with E-state index < -0.39 is 0 Å². The molecule has 1 aromatic rings. The number of nitrogens with one attached hydrogen (secondary N) is 1. The molecular formula is C8H11BrFNS. The molecule has 4 heteroatoms. The minimum absolute atomic E-state index is 0.284. The van der Waals surface area contributed by atoms with E-state index in [0.29, 0.717) is 6.54 Å². The predicted octanol–water partition coefficient (Wildman–Crippen LogP) is 2.61. The Balaban J connectivity index is 2.15. The molecule has 0 aliphatic rings. The number of halogens is 2. The standard InChI is InChI=1S/C8H11BrFNS/c9-8-2-1-7(12-8)3-5-11-6-4-10/h1-2,11H,3-6H2. The fourth-order valence-electron chi connectivity index (χ4n) is 0.890. The smallest absolute Gasteiger partial charge is 0.102 e. The van der Waals surface area contributed by atoms with Crippen LogP contribution in [-0.2, 0) is 6.42 Å². The van der Waals surface area contributed by atoms with Crippen molar-refractivity contribution in [2.24, 2.45) is 0 Å². The zero-order chi connectivity index (χ0) is 8.81. The van der Waals surface area contributed by atoms with Crippen molar-refractivity contribution in [2.75, 3.05) is 19.8 Å². The first-order valence-corrected chi connectivity index (χ1v) is 5.45. The van der Waals surface area contributed by atoms with E-state index in [-0.39, 0.29) is 6.67 Å². The second-order valence-electron chi connectivity index (χ2n) is 2.39. The topological polar surface area (TPSA) is 12.0 Å². The van der Waals surface area contributed by atoms with E-state index in [1.807, 2.05) is 6.07 Å². The Morgan fingerprint density at radius 1 is 1.42 bits per heavy atom. The summed E-state index contributed by atoms with van der Waals surface area (Å²) in [5.74, 6) is 0. The molecule has 0 unspecified atom stereocenters. The first kappa shape index (κ1) is 10.2. The highest BCUT2D eigenvalue weighted by Crippen LogP contribution is 2.21. The Morgan fingerprint density at radius 3 is 2.83 bits per heavy atom. The molecule has 0 aromatic carbocycles. The van der Waals surface area contributed by atoms with Gasteiger partial charge >= 0.3 is 0 Å². The average Bonchev–Trinajstić information content (AvgIpc) is 2.45. The molecule has 0 saturated heterocycles. The molecule has 1 aromatic heterocycles. The van der Waals surface area contributed by atoms with Crippen LogP contribution < -0.4 is 5.32 Å². The van der Waals surface area contributed by atoms with Gasteiger partial charge in [0, 0.05) is 18.0 Å². The molecule has 12 heavy (non-hydrogen) atoms. The Bertz CT molecular complexity index is 227. The van der Waals surface area contributed by atoms with Crippen molar-refractivity contribution < 1.29 is 4.39 Å². The largest absolute Gasteiger partial charge is 0.314 e. The van der Waals surface area contributed by atoms with Crippen molar-refractivity contribution in [3.05, 3.63) is 20.8 Å². The van der Waals surface area contributed by atoms with Crippen molar-refractivity contribution in [3.8, 4) is 0 Å². The van der Waals surface area contributed by atoms with Gasteiger partial charge in [-0.25, -0.2) is 4.39 Å². The molecule has 1 N–H and O–H groups in total. The first-order valence-electron chi connectivity index (χ1n) is 3.84. The summed E-state index contributed by atoms with van der Waals surface area (Å²) in [4.78, 5) is 1.33. The summed E-state index contributed by atoms with van der Waals surface area (Å²) in [7, 11) is 0. The quantitative estimate of drug-likeness (QED) is 0.794. The molecule has 68 valence electrons. The minimum Gasteiger partial charge on any atom is -0.314 e. The molecule has 0 spiro atoms. The Labute approximate surface area is 84.1 Å². The summed E-state index contributed by atoms with van der Waals surface area (Å²) >= 11 is 5.12. The highest BCUT2D eigenvalue weighted by molar-refractivity contribution is 9.11. The molecule has 0 saturated carbocycles. The molecule has 1 rings (SSSR count). The van der Waals surface area contributed by atoms with Crippen molar-refractivity contribution in [1.82, 2.24) is 5.32 Å². The zero-order valence-corrected chi connectivity index (χ0v) is 9.05. The lowest BCUT2D eigenvalue weighted by Gasteiger charge is -1.98. The lowest BCUT2D eigenvalue weighted by molar-refractivity contribution is 0.468. The summed E-state index contributed by atoms with van der Waals surface area (Å²) in [6.45, 7) is 1.04. The SMILES string of the molecule is FCCNCCc1ccc(Br)s1. The van der Waals surface area contributed by atoms with E-state index in [0.717, 1.165) is 16.8 Å². The fraction of sp³-hybridized carbons (Fsp3) is 0.500. The van der Waals surface area contributed by atoms with Gasteiger partial charge in [-0.05, 0) is 34.5 Å². The fourth-order valence-corrected chi connectivity index (χ4v) is 2.37. The van der Waals surface area contributed by atoms with Gasteiger partial charge in [0.15, 0.2) is 0 Å². The van der Waals surface area contributed by atoms with E-state index in [4.69, 9.17) is 0 Å². The molecule has 0 bridgehead atoms. The minimum atomic E-state index is -0.284. The third-order valence-corrected chi connectivity index (χ3v) is 3.13. The van der Waals surface area contributed by atoms with Gasteiger partial charge in [-0.2, -0.15) is 0 Å². The maximum Gasteiger partial charge on any atom is 0.102 e. The highest BCUT2D eigenvalue weighted by Gasteiger charge is 1.96. The van der Waals surface area contributed by atoms with Gasteiger partial charge < -0.3 is 5.32 Å². The number of alkyl halides is 1. The second kappa shape index (κ2) is 5.67. The lowest BCUT2D eigenvalue weighted by atomic mass is 10.3. The summed E-state index contributed by atoms with van der Waals surface area (Å²) in [6, 6.07) is 4.13. The third kappa shape index (κ3) is 3.65. The van der Waals surface area contributed by atoms with Gasteiger partial charge in [0.25, 0.3) is 0 Å². The molecule has 0 atom stereocenters. The van der Waals surface area contributed by atoms with Crippen LogP contribution in [0.15, 0.2) is 15.9 Å². The van der Waals surface area contributed by atoms with Gasteiger partial charge in [-0.15, -0.1) is 11.3 Å².